The smallest absolute Gasteiger partial charge is 0.0342 e. The summed E-state index contributed by atoms with van der Waals surface area (Å²) in [6.45, 7) is 7.08. The average molecular weight is 300 g/mol. The molecule has 1 N–H and O–H groups in total. The lowest BCUT2D eigenvalue weighted by molar-refractivity contribution is 0.630. The number of benzene rings is 1. The molecule has 1 nitrogen and oxygen atoms in total. The summed E-state index contributed by atoms with van der Waals surface area (Å²) in [5, 5.41) is 3.45. The molecule has 0 aliphatic rings. The zero-order valence-corrected chi connectivity index (χ0v) is 12.0. The Labute approximate surface area is 111 Å². The molecule has 0 heterocycles. The molecule has 1 aromatic rings. The van der Waals surface area contributed by atoms with Crippen LogP contribution in [0.2, 0.25) is 0 Å². The second-order valence-electron chi connectivity index (χ2n) is 3.54. The van der Waals surface area contributed by atoms with Crippen molar-refractivity contribution in [3.05, 3.63) is 41.4 Å². The van der Waals surface area contributed by atoms with E-state index < -0.39 is 0 Å². The Morgan fingerprint density at radius 3 is 2.88 bits per heavy atom. The fourth-order valence-electron chi connectivity index (χ4n) is 1.28. The molecular weight excluding hydrogens is 282 g/mol. The maximum absolute atomic E-state index is 3.86. The Bertz CT molecular complexity index is 327. The lowest BCUT2D eigenvalue weighted by Gasteiger charge is -2.14. The summed E-state index contributed by atoms with van der Waals surface area (Å²) in [7, 11) is 0. The van der Waals surface area contributed by atoms with Crippen molar-refractivity contribution >= 4 is 27.7 Å². The van der Waals surface area contributed by atoms with Crippen molar-refractivity contribution in [2.45, 2.75) is 24.3 Å². The van der Waals surface area contributed by atoms with Gasteiger partial charge in [0, 0.05) is 21.2 Å². The summed E-state index contributed by atoms with van der Waals surface area (Å²) in [5.41, 5.74) is 0. The van der Waals surface area contributed by atoms with Crippen LogP contribution in [-0.2, 0) is 0 Å². The van der Waals surface area contributed by atoms with Gasteiger partial charge in [-0.05, 0) is 41.0 Å². The van der Waals surface area contributed by atoms with Crippen LogP contribution >= 0.6 is 27.7 Å². The third-order valence-corrected chi connectivity index (χ3v) is 4.34. The largest absolute Gasteiger partial charge is 0.310 e. The van der Waals surface area contributed by atoms with E-state index in [0.717, 1.165) is 18.7 Å². The summed E-state index contributed by atoms with van der Waals surface area (Å²) >= 11 is 5.40. The molecule has 88 valence electrons. The molecule has 16 heavy (non-hydrogen) atoms. The van der Waals surface area contributed by atoms with Crippen molar-refractivity contribution in [2.75, 3.05) is 12.3 Å². The fourth-order valence-corrected chi connectivity index (χ4v) is 2.90. The molecule has 0 bridgehead atoms. The molecule has 0 amide bonds. The van der Waals surface area contributed by atoms with Gasteiger partial charge >= 0.3 is 0 Å². The predicted molar refractivity (Wildman–Crippen MR) is 77.1 cm³/mol. The Hall–Kier alpha value is -0.250. The first-order valence-electron chi connectivity index (χ1n) is 5.51. The van der Waals surface area contributed by atoms with E-state index in [1.807, 2.05) is 23.9 Å². The molecule has 0 fully saturated rings. The molecule has 0 saturated carbocycles. The van der Waals surface area contributed by atoms with Crippen LogP contribution in [0, 0.1) is 0 Å². The van der Waals surface area contributed by atoms with E-state index in [9.17, 15) is 0 Å². The minimum atomic E-state index is 0.386. The number of thioether (sulfide) groups is 1. The van der Waals surface area contributed by atoms with Crippen molar-refractivity contribution < 1.29 is 0 Å². The number of halogens is 1. The molecule has 0 aliphatic heterocycles. The molecule has 0 spiro atoms. The number of rotatable bonds is 7. The van der Waals surface area contributed by atoms with Gasteiger partial charge in [-0.1, -0.05) is 25.1 Å². The van der Waals surface area contributed by atoms with Gasteiger partial charge in [0.1, 0.15) is 0 Å². The van der Waals surface area contributed by atoms with Crippen LogP contribution in [0.4, 0.5) is 0 Å². The minimum Gasteiger partial charge on any atom is -0.310 e. The van der Waals surface area contributed by atoms with Crippen LogP contribution < -0.4 is 5.32 Å². The molecule has 0 aromatic heterocycles. The molecule has 1 unspecified atom stereocenters. The van der Waals surface area contributed by atoms with Crippen LogP contribution in [0.1, 0.15) is 13.3 Å². The van der Waals surface area contributed by atoms with E-state index >= 15 is 0 Å². The van der Waals surface area contributed by atoms with Crippen molar-refractivity contribution in [3.8, 4) is 0 Å². The topological polar surface area (TPSA) is 12.0 Å². The van der Waals surface area contributed by atoms with Gasteiger partial charge in [0.25, 0.3) is 0 Å². The summed E-state index contributed by atoms with van der Waals surface area (Å²) in [5.74, 6) is 1.02. The highest BCUT2D eigenvalue weighted by Gasteiger charge is 2.05. The standard InChI is InChI=1S/C13H18BrNS/c1-3-9-15-11(4-2)10-16-13-8-6-5-7-12(13)14/h4-8,11,15H,2-3,9-10H2,1H3. The second kappa shape index (κ2) is 7.93. The first-order valence-corrected chi connectivity index (χ1v) is 7.29. The number of nitrogens with one attached hydrogen (secondary N) is 1. The van der Waals surface area contributed by atoms with Crippen molar-refractivity contribution in [3.63, 3.8) is 0 Å². The Morgan fingerprint density at radius 1 is 1.50 bits per heavy atom. The highest BCUT2D eigenvalue weighted by molar-refractivity contribution is 9.10. The molecule has 1 atom stereocenters. The molecule has 3 heteroatoms. The van der Waals surface area contributed by atoms with Crippen molar-refractivity contribution in [2.24, 2.45) is 0 Å². The van der Waals surface area contributed by atoms with Gasteiger partial charge in [0.15, 0.2) is 0 Å². The molecule has 1 aromatic carbocycles. The number of hydrogen-bond acceptors (Lipinski definition) is 2. The monoisotopic (exact) mass is 299 g/mol. The minimum absolute atomic E-state index is 0.386. The average Bonchev–Trinajstić information content (AvgIpc) is 2.31. The highest BCUT2D eigenvalue weighted by atomic mass is 79.9. The lowest BCUT2D eigenvalue weighted by atomic mass is 10.3. The maximum atomic E-state index is 3.86. The summed E-state index contributed by atoms with van der Waals surface area (Å²) in [6, 6.07) is 8.70. The third-order valence-electron chi connectivity index (χ3n) is 2.20. The van der Waals surface area contributed by atoms with E-state index in [1.165, 1.54) is 9.37 Å². The molecular formula is C13H18BrNS. The Morgan fingerprint density at radius 2 is 2.25 bits per heavy atom. The van der Waals surface area contributed by atoms with Gasteiger partial charge in [-0.3, -0.25) is 0 Å². The first kappa shape index (κ1) is 13.8. The van der Waals surface area contributed by atoms with Gasteiger partial charge in [0.05, 0.1) is 0 Å². The quantitative estimate of drug-likeness (QED) is 0.601. The van der Waals surface area contributed by atoms with E-state index in [4.69, 9.17) is 0 Å². The normalized spacial score (nSPS) is 12.4. The zero-order valence-electron chi connectivity index (χ0n) is 9.58. The van der Waals surface area contributed by atoms with Crippen LogP contribution in [0.3, 0.4) is 0 Å². The summed E-state index contributed by atoms with van der Waals surface area (Å²) in [6.07, 6.45) is 3.14. The molecule has 0 saturated heterocycles. The summed E-state index contributed by atoms with van der Waals surface area (Å²) < 4.78 is 1.17. The van der Waals surface area contributed by atoms with Gasteiger partial charge < -0.3 is 5.32 Å². The fraction of sp³-hybridized carbons (Fsp3) is 0.385. The Balaban J connectivity index is 2.43. The van der Waals surface area contributed by atoms with Crippen LogP contribution in [0.25, 0.3) is 0 Å². The summed E-state index contributed by atoms with van der Waals surface area (Å²) in [4.78, 5) is 1.28. The van der Waals surface area contributed by atoms with Gasteiger partial charge in [-0.15, -0.1) is 18.3 Å². The highest BCUT2D eigenvalue weighted by Crippen LogP contribution is 2.27. The second-order valence-corrected chi connectivity index (χ2v) is 5.45. The van der Waals surface area contributed by atoms with E-state index in [-0.39, 0.29) is 0 Å². The molecule has 1 rings (SSSR count). The Kier molecular flexibility index (Phi) is 6.85. The third kappa shape index (κ3) is 4.73. The van der Waals surface area contributed by atoms with E-state index in [1.54, 1.807) is 0 Å². The molecule has 0 aliphatic carbocycles. The van der Waals surface area contributed by atoms with Gasteiger partial charge in [-0.25, -0.2) is 0 Å². The van der Waals surface area contributed by atoms with Gasteiger partial charge in [-0.2, -0.15) is 0 Å². The van der Waals surface area contributed by atoms with Gasteiger partial charge in [0.2, 0.25) is 0 Å². The van der Waals surface area contributed by atoms with Crippen LogP contribution in [-0.4, -0.2) is 18.3 Å². The zero-order chi connectivity index (χ0) is 11.8. The maximum Gasteiger partial charge on any atom is 0.0342 e. The lowest BCUT2D eigenvalue weighted by Crippen LogP contribution is -2.29. The number of hydrogen-bond donors (Lipinski definition) is 1. The van der Waals surface area contributed by atoms with Crippen molar-refractivity contribution in [1.29, 1.82) is 0 Å². The SMILES string of the molecule is C=CC(CSc1ccccc1Br)NCCC. The van der Waals surface area contributed by atoms with E-state index in [2.05, 4.69) is 52.9 Å². The van der Waals surface area contributed by atoms with E-state index in [0.29, 0.717) is 6.04 Å². The van der Waals surface area contributed by atoms with Crippen molar-refractivity contribution in [1.82, 2.24) is 5.32 Å². The van der Waals surface area contributed by atoms with Crippen LogP contribution in [0.15, 0.2) is 46.3 Å². The van der Waals surface area contributed by atoms with Crippen LogP contribution in [0.5, 0.6) is 0 Å². The predicted octanol–water partition coefficient (Wildman–Crippen LogP) is 4.10. The first-order chi connectivity index (χ1) is 7.77. The molecule has 0 radical (unpaired) electrons.